The summed E-state index contributed by atoms with van der Waals surface area (Å²) < 4.78 is 18.1. The molecule has 8 unspecified atom stereocenters. The predicted molar refractivity (Wildman–Crippen MR) is 175 cm³/mol. The molecule has 0 spiro atoms. The zero-order valence-electron chi connectivity index (χ0n) is 26.0. The molecule has 4 aromatic carbocycles. The van der Waals surface area contributed by atoms with E-state index in [1.807, 2.05) is 48.5 Å². The van der Waals surface area contributed by atoms with Crippen molar-refractivity contribution in [2.75, 3.05) is 0 Å². The molecule has 1 aromatic heterocycles. The largest absolute Gasteiger partial charge is 0.508 e. The summed E-state index contributed by atoms with van der Waals surface area (Å²) in [6.45, 7) is -0.508. The van der Waals surface area contributed by atoms with Crippen LogP contribution < -0.4 is 4.74 Å². The third-order valence-electron chi connectivity index (χ3n) is 10.4. The van der Waals surface area contributed by atoms with Gasteiger partial charge in [0.2, 0.25) is 5.79 Å². The highest BCUT2D eigenvalue weighted by Gasteiger charge is 2.75. The van der Waals surface area contributed by atoms with E-state index < -0.39 is 66.5 Å². The van der Waals surface area contributed by atoms with Gasteiger partial charge in [-0.05, 0) is 70.3 Å². The van der Waals surface area contributed by atoms with E-state index in [0.717, 1.165) is 21.5 Å². The first-order valence-corrected chi connectivity index (χ1v) is 16.1. The van der Waals surface area contributed by atoms with Crippen molar-refractivity contribution < 1.29 is 54.8 Å². The molecule has 8 atom stereocenters. The van der Waals surface area contributed by atoms with Gasteiger partial charge in [0, 0.05) is 11.8 Å². The number of phenols is 1. The number of aromatic nitrogens is 1. The predicted octanol–water partition coefficient (Wildman–Crippen LogP) is 2.27. The van der Waals surface area contributed by atoms with Crippen LogP contribution in [0.5, 0.6) is 11.5 Å². The summed E-state index contributed by atoms with van der Waals surface area (Å²) in [6.07, 6.45) is -5.13. The number of aromatic hydroxyl groups is 1. The Morgan fingerprint density at radius 2 is 1.71 bits per heavy atom. The summed E-state index contributed by atoms with van der Waals surface area (Å²) in [4.78, 5) is 17.3. The molecule has 0 saturated carbocycles. The van der Waals surface area contributed by atoms with Gasteiger partial charge < -0.3 is 54.9 Å². The highest BCUT2D eigenvalue weighted by atomic mass is 16.7. The summed E-state index contributed by atoms with van der Waals surface area (Å²) in [5.74, 6) is -5.56. The molecule has 2 fully saturated rings. The summed E-state index contributed by atoms with van der Waals surface area (Å²) >= 11 is 0. The van der Waals surface area contributed by atoms with Gasteiger partial charge in [-0.1, -0.05) is 54.6 Å². The van der Waals surface area contributed by atoms with Gasteiger partial charge in [0.15, 0.2) is 23.7 Å². The molecular formula is C37H35NO11. The molecule has 2 saturated heterocycles. The fourth-order valence-corrected chi connectivity index (χ4v) is 7.91. The second-order valence-electron chi connectivity index (χ2n) is 13.2. The Labute approximate surface area is 279 Å². The Bertz CT molecular complexity index is 2110. The Balaban J connectivity index is 1.18. The summed E-state index contributed by atoms with van der Waals surface area (Å²) in [6, 6.07) is 21.7. The average Bonchev–Trinajstić information content (AvgIpc) is 3.57. The van der Waals surface area contributed by atoms with Crippen molar-refractivity contribution in [3.8, 4) is 11.5 Å². The number of nitrogens with one attached hydrogen (secondary N) is 1. The molecule has 1 aliphatic carbocycles. The second-order valence-corrected chi connectivity index (χ2v) is 13.2. The first-order valence-electron chi connectivity index (χ1n) is 16.1. The topological polar surface area (TPSA) is 202 Å². The number of phenolic OH excluding ortho intramolecular Hbond substituents is 1. The fourth-order valence-electron chi connectivity index (χ4n) is 7.91. The normalized spacial score (nSPS) is 29.9. The monoisotopic (exact) mass is 669 g/mol. The summed E-state index contributed by atoms with van der Waals surface area (Å²) in [5.41, 5.74) is -0.857. The highest BCUT2D eigenvalue weighted by Crippen LogP contribution is 2.55. The number of H-pyrrole nitrogens is 1. The number of aliphatic hydroxyl groups is 6. The number of aromatic amines is 1. The van der Waals surface area contributed by atoms with Crippen molar-refractivity contribution in [2.24, 2.45) is 11.8 Å². The Morgan fingerprint density at radius 1 is 0.980 bits per heavy atom. The molecular weight excluding hydrogens is 634 g/mol. The van der Waals surface area contributed by atoms with Gasteiger partial charge in [-0.25, -0.2) is 4.79 Å². The first kappa shape index (κ1) is 31.9. The SMILES string of the molecule is O=C(Oc1c(CO)[nH]c2ccc3cc4ccccc4cc3c12)C1OC2(O)C(O)C=CC3CC(C(Cc4ccc(O)cc4)C(O)O)OC1C32O. The number of hydrogen-bond acceptors (Lipinski definition) is 11. The van der Waals surface area contributed by atoms with Gasteiger partial charge in [0.05, 0.1) is 29.3 Å². The minimum absolute atomic E-state index is 0.0128. The van der Waals surface area contributed by atoms with Gasteiger partial charge in [-0.15, -0.1) is 0 Å². The third kappa shape index (κ3) is 4.87. The number of fused-ring (bicyclic) bond motifs is 4. The van der Waals surface area contributed by atoms with Crippen LogP contribution in [-0.2, 0) is 27.3 Å². The van der Waals surface area contributed by atoms with E-state index in [0.29, 0.717) is 16.5 Å². The smallest absolute Gasteiger partial charge is 0.343 e. The maximum Gasteiger partial charge on any atom is 0.343 e. The van der Waals surface area contributed by atoms with Crippen LogP contribution in [0.25, 0.3) is 32.4 Å². The zero-order chi connectivity index (χ0) is 34.2. The maximum absolute atomic E-state index is 14.2. The van der Waals surface area contributed by atoms with Crippen LogP contribution in [-0.4, -0.2) is 88.8 Å². The summed E-state index contributed by atoms with van der Waals surface area (Å²) in [5, 5.41) is 79.7. The molecule has 8 N–H and O–H groups in total. The third-order valence-corrected chi connectivity index (χ3v) is 10.4. The van der Waals surface area contributed by atoms with Crippen molar-refractivity contribution in [1.29, 1.82) is 0 Å². The van der Waals surface area contributed by atoms with Crippen molar-refractivity contribution in [3.63, 3.8) is 0 Å². The van der Waals surface area contributed by atoms with E-state index in [-0.39, 0.29) is 30.0 Å². The van der Waals surface area contributed by atoms with Crippen molar-refractivity contribution in [1.82, 2.24) is 4.98 Å². The van der Waals surface area contributed by atoms with Gasteiger partial charge in [-0.3, -0.25) is 0 Å². The van der Waals surface area contributed by atoms with Crippen molar-refractivity contribution in [2.45, 2.75) is 61.5 Å². The summed E-state index contributed by atoms with van der Waals surface area (Å²) in [7, 11) is 0. The van der Waals surface area contributed by atoms with Crippen LogP contribution in [0.15, 0.2) is 84.9 Å². The second kappa shape index (κ2) is 11.6. The number of carbonyl (C=O) groups excluding carboxylic acids is 1. The molecule has 2 aliphatic heterocycles. The van der Waals surface area contributed by atoms with Crippen molar-refractivity contribution in [3.05, 3.63) is 96.2 Å². The maximum atomic E-state index is 14.2. The van der Waals surface area contributed by atoms with Gasteiger partial charge in [0.25, 0.3) is 0 Å². The molecule has 3 heterocycles. The van der Waals surface area contributed by atoms with E-state index in [1.54, 1.807) is 12.1 Å². The molecule has 0 bridgehead atoms. The van der Waals surface area contributed by atoms with Crippen LogP contribution in [0.4, 0.5) is 0 Å². The lowest BCUT2D eigenvalue weighted by atomic mass is 9.66. The lowest BCUT2D eigenvalue weighted by Gasteiger charge is -2.52. The minimum Gasteiger partial charge on any atom is -0.508 e. The molecule has 49 heavy (non-hydrogen) atoms. The molecule has 0 amide bonds. The van der Waals surface area contributed by atoms with Crippen LogP contribution >= 0.6 is 0 Å². The molecule has 3 aliphatic rings. The van der Waals surface area contributed by atoms with E-state index in [1.165, 1.54) is 24.3 Å². The Morgan fingerprint density at radius 3 is 2.43 bits per heavy atom. The number of aliphatic hydroxyl groups excluding tert-OH is 3. The highest BCUT2D eigenvalue weighted by molar-refractivity contribution is 6.14. The van der Waals surface area contributed by atoms with E-state index in [2.05, 4.69) is 4.98 Å². The number of benzene rings is 4. The number of hydrogen-bond donors (Lipinski definition) is 8. The van der Waals surface area contributed by atoms with Gasteiger partial charge in [0.1, 0.15) is 18.0 Å². The van der Waals surface area contributed by atoms with Crippen LogP contribution in [0.3, 0.4) is 0 Å². The molecule has 254 valence electrons. The molecule has 12 heteroatoms. The van der Waals surface area contributed by atoms with Crippen LogP contribution in [0.2, 0.25) is 0 Å². The van der Waals surface area contributed by atoms with E-state index in [9.17, 15) is 40.5 Å². The zero-order valence-corrected chi connectivity index (χ0v) is 26.0. The van der Waals surface area contributed by atoms with Crippen molar-refractivity contribution >= 4 is 38.4 Å². The average molecular weight is 670 g/mol. The van der Waals surface area contributed by atoms with E-state index >= 15 is 0 Å². The first-order chi connectivity index (χ1) is 23.5. The fraction of sp³-hybridized carbons (Fsp3) is 0.324. The lowest BCUT2D eigenvalue weighted by Crippen LogP contribution is -2.70. The number of esters is 1. The molecule has 8 rings (SSSR count). The number of rotatable bonds is 7. The van der Waals surface area contributed by atoms with E-state index in [4.69, 9.17) is 14.2 Å². The number of ether oxygens (including phenoxy) is 3. The van der Waals surface area contributed by atoms with Crippen LogP contribution in [0, 0.1) is 11.8 Å². The van der Waals surface area contributed by atoms with Gasteiger partial charge in [-0.2, -0.15) is 0 Å². The lowest BCUT2D eigenvalue weighted by molar-refractivity contribution is -0.327. The minimum atomic E-state index is -2.67. The van der Waals surface area contributed by atoms with Crippen LogP contribution in [0.1, 0.15) is 17.7 Å². The van der Waals surface area contributed by atoms with Gasteiger partial charge >= 0.3 is 5.97 Å². The molecule has 0 radical (unpaired) electrons. The Kier molecular flexibility index (Phi) is 7.55. The quantitative estimate of drug-likeness (QED) is 0.0547. The molecule has 12 nitrogen and oxygen atoms in total. The number of carbonyl (C=O) groups is 1. The standard InChI is InChI=1S/C37H35NO11/c39-17-27-31(30-24-15-20-4-2-1-3-19(20)14-21(24)7-11-26(30)38-27)48-35(44)32-33-36(45)22(8-12-29(41)37(36,46)49-32)16-28(47-33)25(34(42)43)13-18-5-9-23(40)10-6-18/h1-12,14-15,22,25,28-29,32-34,38-43,45-46H,13,16-17H2. The molecule has 5 aromatic rings. The Hall–Kier alpha value is -4.37.